The minimum atomic E-state index is -2.96. The number of furan rings is 2. The Balaban J connectivity index is 1.15. The second-order valence-corrected chi connectivity index (χ2v) is 25.1. The van der Waals surface area contributed by atoms with Gasteiger partial charge in [0.15, 0.2) is 13.7 Å². The first-order valence-corrected chi connectivity index (χ1v) is 26.7. The smallest absolute Gasteiger partial charge is 0.333 e. The number of benzene rings is 9. The Bertz CT molecular complexity index is 3980. The summed E-state index contributed by atoms with van der Waals surface area (Å²) in [5.41, 5.74) is 18.8. The lowest BCUT2D eigenvalue weighted by atomic mass is 9.43. The van der Waals surface area contributed by atoms with Crippen LogP contribution in [0.3, 0.4) is 0 Å². The first kappa shape index (κ1) is 39.5. The summed E-state index contributed by atoms with van der Waals surface area (Å²) in [6.07, 6.45) is 2.29. The van der Waals surface area contributed by atoms with Gasteiger partial charge in [0, 0.05) is 55.9 Å². The van der Waals surface area contributed by atoms with Gasteiger partial charge in [-0.15, -0.1) is 0 Å². The molecule has 0 spiro atoms. The molecule has 2 aromatic heterocycles. The molecule has 0 amide bonds. The Morgan fingerprint density at radius 3 is 1.87 bits per heavy atom. The molecule has 15 rings (SSSR count). The summed E-state index contributed by atoms with van der Waals surface area (Å²) in [6, 6.07) is 68.8. The van der Waals surface area contributed by atoms with E-state index in [1.54, 1.807) is 0 Å². The van der Waals surface area contributed by atoms with Gasteiger partial charge in [0.25, 0.3) is 0 Å². The standard InChI is InChI=1S/C63H49BN2O2Si/c1-38-35-45-46(63(4,5)34-33-62(45,2)3)36-49(38)65-50-37-53-56(43-24-13-16-28-52(43)67-53)57-44-25-18-30-55-59(44)66(64(58(50)57)47-32-31-42-41-23-12-15-27-51(41)68-61(42)60(47)65)48-26-14-17-29-54(48)69(55,39-19-8-6-9-20-39)40-21-10-7-11-22-40/h6-32,35-37H,33-34H2,1-5H3. The van der Waals surface area contributed by atoms with E-state index in [2.05, 4.69) is 226 Å². The highest BCUT2D eigenvalue weighted by Gasteiger charge is 2.56. The Kier molecular flexibility index (Phi) is 7.77. The molecule has 1 aliphatic carbocycles. The quantitative estimate of drug-likeness (QED) is 0.165. The molecule has 3 aliphatic heterocycles. The molecule has 0 saturated carbocycles. The fourth-order valence-electron chi connectivity index (χ4n) is 13.6. The minimum Gasteiger partial charge on any atom is -0.456 e. The number of nitrogens with zero attached hydrogens (tertiary/aromatic N) is 2. The summed E-state index contributed by atoms with van der Waals surface area (Å²) in [7, 11) is -2.96. The third kappa shape index (κ3) is 4.99. The second-order valence-electron chi connectivity index (χ2n) is 21.4. The molecule has 0 N–H and O–H groups in total. The van der Waals surface area contributed by atoms with Crippen LogP contribution in [0.15, 0.2) is 191 Å². The van der Waals surface area contributed by atoms with Crippen LogP contribution < -0.4 is 41.4 Å². The predicted molar refractivity (Wildman–Crippen MR) is 292 cm³/mol. The van der Waals surface area contributed by atoms with Gasteiger partial charge in [-0.3, -0.25) is 0 Å². The van der Waals surface area contributed by atoms with Crippen molar-refractivity contribution in [3.05, 3.63) is 199 Å². The number of fused-ring (bicyclic) bond motifs is 15. The lowest BCUT2D eigenvalue weighted by molar-refractivity contribution is 0.332. The number of aryl methyl sites for hydroxylation is 1. The van der Waals surface area contributed by atoms with Gasteiger partial charge < -0.3 is 18.5 Å². The molecule has 0 bridgehead atoms. The molecule has 4 nitrogen and oxygen atoms in total. The molecule has 69 heavy (non-hydrogen) atoms. The molecule has 5 heterocycles. The summed E-state index contributed by atoms with van der Waals surface area (Å²) < 4.78 is 14.3. The van der Waals surface area contributed by atoms with E-state index in [-0.39, 0.29) is 17.7 Å². The van der Waals surface area contributed by atoms with Crippen molar-refractivity contribution in [2.75, 3.05) is 9.71 Å². The van der Waals surface area contributed by atoms with E-state index in [4.69, 9.17) is 8.83 Å². The monoisotopic (exact) mass is 904 g/mol. The summed E-state index contributed by atoms with van der Waals surface area (Å²) >= 11 is 0. The van der Waals surface area contributed by atoms with Crippen LogP contribution in [0.1, 0.15) is 57.2 Å². The molecule has 0 unspecified atom stereocenters. The molecule has 0 radical (unpaired) electrons. The average Bonchev–Trinajstić information content (AvgIpc) is 3.95. The van der Waals surface area contributed by atoms with Gasteiger partial charge in [-0.25, -0.2) is 0 Å². The van der Waals surface area contributed by atoms with Crippen LogP contribution in [0.25, 0.3) is 55.0 Å². The van der Waals surface area contributed by atoms with Gasteiger partial charge >= 0.3 is 6.85 Å². The van der Waals surface area contributed by atoms with E-state index >= 15 is 0 Å². The third-order valence-electron chi connectivity index (χ3n) is 16.9. The van der Waals surface area contributed by atoms with Crippen molar-refractivity contribution in [3.63, 3.8) is 0 Å². The highest BCUT2D eigenvalue weighted by atomic mass is 28.3. The van der Waals surface area contributed by atoms with Gasteiger partial charge in [-0.2, -0.15) is 0 Å². The number of hydrogen-bond acceptors (Lipinski definition) is 4. The van der Waals surface area contributed by atoms with E-state index in [0.29, 0.717) is 0 Å². The zero-order valence-electron chi connectivity index (χ0n) is 39.5. The summed E-state index contributed by atoms with van der Waals surface area (Å²) in [5, 5.41) is 10.1. The fraction of sp³-hybridized carbons (Fsp3) is 0.143. The molecule has 0 fully saturated rings. The van der Waals surface area contributed by atoms with E-state index in [9.17, 15) is 0 Å². The highest BCUT2D eigenvalue weighted by Crippen LogP contribution is 2.55. The molecule has 11 aromatic rings. The molecule has 0 atom stereocenters. The van der Waals surface area contributed by atoms with Gasteiger partial charge in [0.2, 0.25) is 0 Å². The van der Waals surface area contributed by atoms with Crippen LogP contribution in [-0.2, 0) is 10.8 Å². The topological polar surface area (TPSA) is 32.8 Å². The molecular formula is C63H49BN2O2Si. The summed E-state index contributed by atoms with van der Waals surface area (Å²) in [5.74, 6) is 0. The maximum Gasteiger partial charge on any atom is 0.333 e. The van der Waals surface area contributed by atoms with Crippen LogP contribution in [0, 0.1) is 6.92 Å². The zero-order chi connectivity index (χ0) is 46.1. The molecule has 4 aliphatic rings. The van der Waals surface area contributed by atoms with E-state index < -0.39 is 8.07 Å². The zero-order valence-corrected chi connectivity index (χ0v) is 40.5. The van der Waals surface area contributed by atoms with Crippen LogP contribution >= 0.6 is 0 Å². The van der Waals surface area contributed by atoms with Gasteiger partial charge in [-0.05, 0) is 109 Å². The maximum atomic E-state index is 7.24. The van der Waals surface area contributed by atoms with Crippen LogP contribution in [0.5, 0.6) is 0 Å². The summed E-state index contributed by atoms with van der Waals surface area (Å²) in [6.45, 7) is 11.9. The minimum absolute atomic E-state index is 0.00267. The SMILES string of the molecule is Cc1cc2c(cc1N1c3cc4oc5ccccc5c4c4c3B(c3ccc5c(oc6ccccc65)c31)N1c3ccccc3[Si](c3ccccc3)(c3ccccc3)c3cccc-4c31)C(C)(C)CCC2(C)C. The second kappa shape index (κ2) is 13.6. The lowest BCUT2D eigenvalue weighted by Crippen LogP contribution is -2.79. The van der Waals surface area contributed by atoms with Gasteiger partial charge in [0.1, 0.15) is 16.7 Å². The van der Waals surface area contributed by atoms with Crippen LogP contribution in [0.4, 0.5) is 28.4 Å². The largest absolute Gasteiger partial charge is 0.456 e. The van der Waals surface area contributed by atoms with Crippen molar-refractivity contribution in [1.29, 1.82) is 0 Å². The molecule has 6 heteroatoms. The lowest BCUT2D eigenvalue weighted by Gasteiger charge is -2.52. The van der Waals surface area contributed by atoms with Crippen LogP contribution in [0.2, 0.25) is 0 Å². The van der Waals surface area contributed by atoms with Crippen molar-refractivity contribution in [2.24, 2.45) is 0 Å². The fourth-order valence-corrected chi connectivity index (χ4v) is 18.8. The first-order chi connectivity index (χ1) is 33.6. The van der Waals surface area contributed by atoms with Crippen molar-refractivity contribution in [3.8, 4) is 11.1 Å². The average molecular weight is 905 g/mol. The van der Waals surface area contributed by atoms with Crippen molar-refractivity contribution in [2.45, 2.75) is 58.3 Å². The van der Waals surface area contributed by atoms with Crippen molar-refractivity contribution in [1.82, 2.24) is 0 Å². The van der Waals surface area contributed by atoms with E-state index in [1.807, 2.05) is 0 Å². The first-order valence-electron chi connectivity index (χ1n) is 24.7. The van der Waals surface area contributed by atoms with Gasteiger partial charge in [0.05, 0.1) is 5.69 Å². The van der Waals surface area contributed by atoms with E-state index in [1.165, 1.54) is 81.9 Å². The third-order valence-corrected chi connectivity index (χ3v) is 21.7. The van der Waals surface area contributed by atoms with Crippen molar-refractivity contribution >= 4 is 119 Å². The maximum absolute atomic E-state index is 7.24. The molecule has 0 saturated heterocycles. The van der Waals surface area contributed by atoms with Crippen molar-refractivity contribution < 1.29 is 8.83 Å². The number of anilines is 5. The highest BCUT2D eigenvalue weighted by molar-refractivity contribution is 7.22. The van der Waals surface area contributed by atoms with Crippen LogP contribution in [-0.4, -0.2) is 14.9 Å². The van der Waals surface area contributed by atoms with Gasteiger partial charge in [-0.1, -0.05) is 179 Å². The number of para-hydroxylation sites is 4. The Labute approximate surface area is 403 Å². The Morgan fingerprint density at radius 2 is 1.13 bits per heavy atom. The normalized spacial score (nSPS) is 16.6. The number of hydrogen-bond donors (Lipinski definition) is 0. The summed E-state index contributed by atoms with van der Waals surface area (Å²) in [4.78, 5) is 5.33. The Hall–Kier alpha value is -7.54. The molecule has 9 aromatic carbocycles. The predicted octanol–water partition coefficient (Wildman–Crippen LogP) is 12.5. The Morgan fingerprint density at radius 1 is 0.507 bits per heavy atom. The molecule has 330 valence electrons. The molecular weight excluding hydrogens is 856 g/mol. The van der Waals surface area contributed by atoms with E-state index in [0.717, 1.165) is 62.7 Å². The number of rotatable bonds is 3.